The lowest BCUT2D eigenvalue weighted by Gasteiger charge is -2.44. The molecule has 1 N–H and O–H groups in total. The maximum Gasteiger partial charge on any atom is 0.303 e. The highest BCUT2D eigenvalue weighted by atomic mass is 35.5. The second kappa shape index (κ2) is 12.8. The number of benzene rings is 1. The molecule has 0 saturated carbocycles. The second-order valence-electron chi connectivity index (χ2n) is 7.51. The molecule has 1 aliphatic rings. The number of carbonyl (C=O) groups excluding carboxylic acids is 5. The zero-order valence-corrected chi connectivity index (χ0v) is 21.3. The fourth-order valence-electron chi connectivity index (χ4n) is 3.30. The number of amides is 1. The normalized spacial score (nSPS) is 23.5. The van der Waals surface area contributed by atoms with Gasteiger partial charge < -0.3 is 29.0 Å². The van der Waals surface area contributed by atoms with Crippen LogP contribution in [0.5, 0.6) is 0 Å². The van der Waals surface area contributed by atoms with E-state index in [1.807, 2.05) is 0 Å². The lowest BCUT2D eigenvalue weighted by atomic mass is 9.99. The van der Waals surface area contributed by atoms with Crippen molar-refractivity contribution in [2.75, 3.05) is 11.9 Å². The number of hydrogen-bond acceptors (Lipinski definition) is 11. The Morgan fingerprint density at radius 2 is 1.46 bits per heavy atom. The van der Waals surface area contributed by atoms with Gasteiger partial charge in [-0.05, 0) is 18.2 Å². The Bertz CT molecular complexity index is 987. The molecular weight excluding hydrogens is 506 g/mol. The minimum absolute atomic E-state index is 0.339. The lowest BCUT2D eigenvalue weighted by Crippen LogP contribution is -2.61. The van der Waals surface area contributed by atoms with Crippen molar-refractivity contribution in [3.05, 3.63) is 23.2 Å². The van der Waals surface area contributed by atoms with E-state index in [0.29, 0.717) is 15.6 Å². The predicted octanol–water partition coefficient (Wildman–Crippen LogP) is 2.47. The van der Waals surface area contributed by atoms with Crippen molar-refractivity contribution in [3.63, 3.8) is 0 Å². The third-order valence-electron chi connectivity index (χ3n) is 4.44. The van der Waals surface area contributed by atoms with E-state index in [0.717, 1.165) is 32.5 Å². The van der Waals surface area contributed by atoms with E-state index in [4.69, 9.17) is 35.3 Å². The number of anilines is 1. The number of hydrogen-bond donors (Lipinski definition) is 1. The molecule has 192 valence electrons. The van der Waals surface area contributed by atoms with Crippen molar-refractivity contribution < 1.29 is 47.7 Å². The van der Waals surface area contributed by atoms with Crippen LogP contribution in [-0.2, 0) is 47.7 Å². The smallest absolute Gasteiger partial charge is 0.303 e. The minimum atomic E-state index is -1.29. The summed E-state index contributed by atoms with van der Waals surface area (Å²) >= 11 is 7.10. The van der Waals surface area contributed by atoms with Gasteiger partial charge in [-0.1, -0.05) is 23.4 Å². The van der Waals surface area contributed by atoms with Gasteiger partial charge in [0.25, 0.3) is 0 Å². The summed E-state index contributed by atoms with van der Waals surface area (Å²) in [6, 6.07) is 4.73. The summed E-state index contributed by atoms with van der Waals surface area (Å²) in [5, 5.41) is 3.02. The Morgan fingerprint density at radius 3 is 2.00 bits per heavy atom. The van der Waals surface area contributed by atoms with Gasteiger partial charge >= 0.3 is 23.9 Å². The van der Waals surface area contributed by atoms with Crippen molar-refractivity contribution in [2.45, 2.75) is 69.4 Å². The topological polar surface area (TPSA) is 144 Å². The first-order chi connectivity index (χ1) is 16.4. The molecular formula is C22H26ClNO10S. The standard InChI is InChI=1S/C22H26ClNO10S/c1-10(25)24-16-8-15(23)6-7-18(16)35-22-21(33-14(5)29)20(32-13(4)28)19(31-12(3)27)17(34-22)9-30-11(2)26/h6-8,17,19-22H,9H2,1-5H3,(H,24,25). The monoisotopic (exact) mass is 531 g/mol. The molecule has 1 saturated heterocycles. The zero-order valence-electron chi connectivity index (χ0n) is 19.7. The molecule has 1 fully saturated rings. The Labute approximate surface area is 211 Å². The molecule has 1 aromatic carbocycles. The highest BCUT2D eigenvalue weighted by molar-refractivity contribution is 8.00. The largest absolute Gasteiger partial charge is 0.463 e. The third-order valence-corrected chi connectivity index (χ3v) is 5.90. The number of rotatable bonds is 8. The van der Waals surface area contributed by atoms with Crippen molar-refractivity contribution in [2.24, 2.45) is 0 Å². The SMILES string of the molecule is CC(=O)Nc1cc(Cl)ccc1SC1OC(COC(C)=O)C(OC(C)=O)C(OC(C)=O)C1OC(C)=O. The maximum atomic E-state index is 11.9. The Balaban J connectivity index is 2.53. The van der Waals surface area contributed by atoms with Crippen LogP contribution >= 0.6 is 23.4 Å². The maximum absolute atomic E-state index is 11.9. The number of carbonyl (C=O) groups is 5. The van der Waals surface area contributed by atoms with Crippen LogP contribution in [0.3, 0.4) is 0 Å². The number of thioether (sulfide) groups is 1. The highest BCUT2D eigenvalue weighted by Gasteiger charge is 2.52. The third kappa shape index (κ3) is 8.71. The first-order valence-electron chi connectivity index (χ1n) is 10.4. The molecule has 35 heavy (non-hydrogen) atoms. The summed E-state index contributed by atoms with van der Waals surface area (Å²) in [7, 11) is 0. The summed E-state index contributed by atoms with van der Waals surface area (Å²) in [4.78, 5) is 59.3. The molecule has 1 aromatic rings. The van der Waals surface area contributed by atoms with E-state index in [2.05, 4.69) is 5.32 Å². The number of esters is 4. The average molecular weight is 532 g/mol. The fourth-order valence-corrected chi connectivity index (χ4v) is 4.65. The van der Waals surface area contributed by atoms with Crippen LogP contribution in [0.15, 0.2) is 23.1 Å². The van der Waals surface area contributed by atoms with Gasteiger partial charge in [0.1, 0.15) is 18.1 Å². The molecule has 11 nitrogen and oxygen atoms in total. The molecule has 0 bridgehead atoms. The molecule has 1 aliphatic heterocycles. The zero-order chi connectivity index (χ0) is 26.3. The van der Waals surface area contributed by atoms with Crippen molar-refractivity contribution in [1.82, 2.24) is 0 Å². The van der Waals surface area contributed by atoms with E-state index in [1.54, 1.807) is 12.1 Å². The first-order valence-corrected chi connectivity index (χ1v) is 11.7. The van der Waals surface area contributed by atoms with Gasteiger partial charge in [-0.15, -0.1) is 0 Å². The summed E-state index contributed by atoms with van der Waals surface area (Å²) in [6.07, 6.45) is -4.85. The van der Waals surface area contributed by atoms with Gasteiger partial charge in [-0.25, -0.2) is 0 Å². The van der Waals surface area contributed by atoms with Crippen LogP contribution in [0.4, 0.5) is 5.69 Å². The second-order valence-corrected chi connectivity index (χ2v) is 9.08. The summed E-state index contributed by atoms with van der Waals surface area (Å²) in [5.41, 5.74) is -0.674. The molecule has 0 aromatic heterocycles. The number of ether oxygens (including phenoxy) is 5. The highest BCUT2D eigenvalue weighted by Crippen LogP contribution is 2.40. The molecule has 2 rings (SSSR count). The summed E-state index contributed by atoms with van der Waals surface area (Å²) in [5.74, 6) is -3.13. The van der Waals surface area contributed by atoms with Crippen molar-refractivity contribution >= 4 is 58.8 Å². The van der Waals surface area contributed by atoms with E-state index < -0.39 is 53.7 Å². The van der Waals surface area contributed by atoms with Crippen LogP contribution in [0.25, 0.3) is 0 Å². The molecule has 5 atom stereocenters. The summed E-state index contributed by atoms with van der Waals surface area (Å²) < 4.78 is 27.3. The molecule has 0 radical (unpaired) electrons. The van der Waals surface area contributed by atoms with E-state index >= 15 is 0 Å². The molecule has 1 amide bonds. The van der Waals surface area contributed by atoms with E-state index in [-0.39, 0.29) is 12.5 Å². The quantitative estimate of drug-likeness (QED) is 0.390. The average Bonchev–Trinajstić information content (AvgIpc) is 2.71. The molecule has 0 aliphatic carbocycles. The van der Waals surface area contributed by atoms with Crippen LogP contribution in [-0.4, -0.2) is 66.2 Å². The van der Waals surface area contributed by atoms with Gasteiger partial charge in [0.05, 0.1) is 5.69 Å². The van der Waals surface area contributed by atoms with Gasteiger partial charge in [-0.3, -0.25) is 24.0 Å². The van der Waals surface area contributed by atoms with Crippen LogP contribution in [0.1, 0.15) is 34.6 Å². The van der Waals surface area contributed by atoms with Crippen LogP contribution in [0.2, 0.25) is 5.02 Å². The Morgan fingerprint density at radius 1 is 0.886 bits per heavy atom. The lowest BCUT2D eigenvalue weighted by molar-refractivity contribution is -0.237. The Kier molecular flexibility index (Phi) is 10.3. The summed E-state index contributed by atoms with van der Waals surface area (Å²) in [6.45, 7) is 5.61. The molecule has 0 spiro atoms. The molecule has 13 heteroatoms. The van der Waals surface area contributed by atoms with Crippen molar-refractivity contribution in [3.8, 4) is 0 Å². The molecule has 5 unspecified atom stereocenters. The fraction of sp³-hybridized carbons (Fsp3) is 0.500. The predicted molar refractivity (Wildman–Crippen MR) is 124 cm³/mol. The van der Waals surface area contributed by atoms with Gasteiger partial charge in [0.2, 0.25) is 5.91 Å². The van der Waals surface area contributed by atoms with Gasteiger partial charge in [0.15, 0.2) is 18.3 Å². The van der Waals surface area contributed by atoms with Gasteiger partial charge in [0, 0.05) is 44.5 Å². The van der Waals surface area contributed by atoms with Crippen LogP contribution in [0, 0.1) is 0 Å². The van der Waals surface area contributed by atoms with Crippen molar-refractivity contribution in [1.29, 1.82) is 0 Å². The van der Waals surface area contributed by atoms with E-state index in [1.165, 1.54) is 19.9 Å². The Hall–Kier alpha value is -2.83. The van der Waals surface area contributed by atoms with Gasteiger partial charge in [-0.2, -0.15) is 0 Å². The minimum Gasteiger partial charge on any atom is -0.463 e. The molecule has 1 heterocycles. The number of nitrogens with one attached hydrogen (secondary N) is 1. The number of halogens is 1. The van der Waals surface area contributed by atoms with Crippen LogP contribution < -0.4 is 5.32 Å². The van der Waals surface area contributed by atoms with E-state index in [9.17, 15) is 24.0 Å². The first kappa shape index (κ1) is 28.4.